The largest absolute Gasteiger partial charge is 0.444 e. The van der Waals surface area contributed by atoms with Gasteiger partial charge in [-0.2, -0.15) is 4.98 Å². The molecule has 3 aromatic heterocycles. The molecule has 1 fully saturated rings. The second kappa shape index (κ2) is 11.5. The Morgan fingerprint density at radius 1 is 1.10 bits per heavy atom. The van der Waals surface area contributed by atoms with Crippen molar-refractivity contribution in [3.63, 3.8) is 0 Å². The number of anilines is 1. The first-order valence-electron chi connectivity index (χ1n) is 14.3. The number of carbonyl (C=O) groups is 1. The molecule has 222 valence electrons. The third-order valence-corrected chi connectivity index (χ3v) is 7.30. The molecule has 11 heteroatoms. The van der Waals surface area contributed by atoms with Gasteiger partial charge in [0, 0.05) is 38.1 Å². The second-order valence-electron chi connectivity index (χ2n) is 12.1. The van der Waals surface area contributed by atoms with E-state index in [0.717, 1.165) is 29.3 Å². The number of piperidine rings is 1. The summed E-state index contributed by atoms with van der Waals surface area (Å²) in [6.45, 7) is 11.2. The number of rotatable bonds is 6. The minimum atomic E-state index is -0.593. The Balaban J connectivity index is 1.55. The summed E-state index contributed by atoms with van der Waals surface area (Å²) in [5.74, 6) is 0.590. The fraction of sp³-hybridized carbons (Fsp3) is 0.452. The summed E-state index contributed by atoms with van der Waals surface area (Å²) >= 11 is 0. The molecule has 1 saturated heterocycles. The van der Waals surface area contributed by atoms with E-state index in [1.165, 1.54) is 9.13 Å². The lowest BCUT2D eigenvalue weighted by molar-refractivity contribution is 0.0499. The van der Waals surface area contributed by atoms with Crippen molar-refractivity contribution in [2.75, 3.05) is 18.0 Å². The highest BCUT2D eigenvalue weighted by Gasteiger charge is 2.29. The third-order valence-electron chi connectivity index (χ3n) is 7.30. The number of allylic oxidation sites excluding steroid dienone is 2. The average molecular weight is 574 g/mol. The molecule has 1 unspecified atom stereocenters. The Hall–Kier alpha value is -4.41. The standard InChI is InChI=1S/C31H39N7O4/c1-20(2)15-17-37-25-26(34-28(37)36-16-9-11-22(18-36)33-29(40)42-31(3,4)5)35(6)30(41)38(27(25)39)19-23-14-13-21-10-7-8-12-24(21)32-23/h7-8,10,12-15,22H,9,11,16-19H2,1-6H3,(H,33,40). The summed E-state index contributed by atoms with van der Waals surface area (Å²) in [5, 5.41) is 3.97. The van der Waals surface area contributed by atoms with E-state index in [9.17, 15) is 14.4 Å². The number of amides is 1. The van der Waals surface area contributed by atoms with Crippen LogP contribution in [-0.4, -0.2) is 54.5 Å². The molecule has 1 atom stereocenters. The van der Waals surface area contributed by atoms with Gasteiger partial charge in [0.25, 0.3) is 5.56 Å². The number of nitrogens with one attached hydrogen (secondary N) is 1. The molecule has 1 aliphatic rings. The van der Waals surface area contributed by atoms with Gasteiger partial charge in [-0.25, -0.2) is 9.59 Å². The van der Waals surface area contributed by atoms with Crippen molar-refractivity contribution in [3.05, 3.63) is 74.6 Å². The molecule has 0 aliphatic carbocycles. The van der Waals surface area contributed by atoms with E-state index in [-0.39, 0.29) is 12.6 Å². The number of ether oxygens (including phenoxy) is 1. The normalized spacial score (nSPS) is 15.7. The number of nitrogens with zero attached hydrogens (tertiary/aromatic N) is 6. The van der Waals surface area contributed by atoms with Gasteiger partial charge in [-0.05, 0) is 59.6 Å². The molecule has 42 heavy (non-hydrogen) atoms. The summed E-state index contributed by atoms with van der Waals surface area (Å²) < 4.78 is 10.0. The van der Waals surface area contributed by atoms with Crippen molar-refractivity contribution in [1.82, 2.24) is 29.0 Å². The number of hydrogen-bond donors (Lipinski definition) is 1. The topological polar surface area (TPSA) is 116 Å². The van der Waals surface area contributed by atoms with E-state index in [1.807, 2.05) is 81.7 Å². The molecule has 4 heterocycles. The molecule has 1 N–H and O–H groups in total. The number of alkyl carbamates (subject to hydrolysis) is 1. The molecule has 1 amide bonds. The quantitative estimate of drug-likeness (QED) is 0.347. The summed E-state index contributed by atoms with van der Waals surface area (Å²) in [5.41, 5.74) is 1.74. The number of carbonyl (C=O) groups excluding carboxylic acids is 1. The lowest BCUT2D eigenvalue weighted by Crippen LogP contribution is -2.49. The van der Waals surface area contributed by atoms with Gasteiger partial charge in [-0.3, -0.25) is 18.9 Å². The SMILES string of the molecule is CC(C)=CCn1c(N2CCCC(NC(=O)OC(C)(C)C)C2)nc2c1c(=O)n(Cc1ccc3ccccc3n1)c(=O)n2C. The van der Waals surface area contributed by atoms with Crippen LogP contribution >= 0.6 is 0 Å². The van der Waals surface area contributed by atoms with E-state index >= 15 is 0 Å². The first-order chi connectivity index (χ1) is 19.9. The maximum atomic E-state index is 14.0. The first kappa shape index (κ1) is 29.1. The zero-order chi connectivity index (χ0) is 30.2. The molecule has 1 aliphatic heterocycles. The molecular formula is C31H39N7O4. The van der Waals surface area contributed by atoms with Gasteiger partial charge < -0.3 is 19.5 Å². The van der Waals surface area contributed by atoms with Crippen LogP contribution in [0, 0.1) is 0 Å². The Labute approximate surface area is 244 Å². The van der Waals surface area contributed by atoms with Crippen molar-refractivity contribution < 1.29 is 9.53 Å². The maximum Gasteiger partial charge on any atom is 0.407 e. The minimum absolute atomic E-state index is 0.0427. The van der Waals surface area contributed by atoms with Gasteiger partial charge in [0.2, 0.25) is 5.95 Å². The first-order valence-corrected chi connectivity index (χ1v) is 14.3. The van der Waals surface area contributed by atoms with Crippen LogP contribution in [0.25, 0.3) is 22.1 Å². The van der Waals surface area contributed by atoms with E-state index in [2.05, 4.69) is 15.2 Å². The Morgan fingerprint density at radius 2 is 1.86 bits per heavy atom. The molecule has 0 radical (unpaired) electrons. The van der Waals surface area contributed by atoms with Crippen LogP contribution in [-0.2, 0) is 24.9 Å². The van der Waals surface area contributed by atoms with Crippen molar-refractivity contribution in [3.8, 4) is 0 Å². The summed E-state index contributed by atoms with van der Waals surface area (Å²) in [4.78, 5) is 51.6. The van der Waals surface area contributed by atoms with E-state index in [4.69, 9.17) is 9.72 Å². The van der Waals surface area contributed by atoms with Crippen LogP contribution in [0.15, 0.2) is 57.6 Å². The van der Waals surface area contributed by atoms with E-state index in [0.29, 0.717) is 42.4 Å². The Bertz CT molecular complexity index is 1790. The van der Waals surface area contributed by atoms with Gasteiger partial charge in [-0.15, -0.1) is 0 Å². The van der Waals surface area contributed by atoms with Gasteiger partial charge in [0.15, 0.2) is 11.2 Å². The van der Waals surface area contributed by atoms with Crippen LogP contribution < -0.4 is 21.5 Å². The number of benzene rings is 1. The number of aromatic nitrogens is 5. The molecular weight excluding hydrogens is 534 g/mol. The fourth-order valence-electron chi connectivity index (χ4n) is 5.30. The minimum Gasteiger partial charge on any atom is -0.444 e. The van der Waals surface area contributed by atoms with Crippen molar-refractivity contribution in [2.45, 2.75) is 72.2 Å². The summed E-state index contributed by atoms with van der Waals surface area (Å²) in [6.07, 6.45) is 3.20. The predicted molar refractivity (Wildman–Crippen MR) is 164 cm³/mol. The monoisotopic (exact) mass is 573 g/mol. The molecule has 4 aromatic rings. The maximum absolute atomic E-state index is 14.0. The summed E-state index contributed by atoms with van der Waals surface area (Å²) in [7, 11) is 1.64. The van der Waals surface area contributed by atoms with Crippen LogP contribution in [0.1, 0.15) is 53.2 Å². The fourth-order valence-corrected chi connectivity index (χ4v) is 5.30. The molecule has 5 rings (SSSR count). The van der Waals surface area contributed by atoms with Crippen LogP contribution in [0.5, 0.6) is 0 Å². The van der Waals surface area contributed by atoms with Crippen LogP contribution in [0.3, 0.4) is 0 Å². The van der Waals surface area contributed by atoms with Crippen LogP contribution in [0.4, 0.5) is 10.7 Å². The lowest BCUT2D eigenvalue weighted by atomic mass is 10.1. The molecule has 0 saturated carbocycles. The van der Waals surface area contributed by atoms with Crippen molar-refractivity contribution in [1.29, 1.82) is 0 Å². The second-order valence-corrected chi connectivity index (χ2v) is 12.1. The number of para-hydroxylation sites is 1. The number of pyridine rings is 1. The van der Waals surface area contributed by atoms with Gasteiger partial charge in [-0.1, -0.05) is 35.9 Å². The zero-order valence-electron chi connectivity index (χ0n) is 25.2. The van der Waals surface area contributed by atoms with Gasteiger partial charge >= 0.3 is 11.8 Å². The predicted octanol–water partition coefficient (Wildman–Crippen LogP) is 3.95. The van der Waals surface area contributed by atoms with Crippen molar-refractivity contribution in [2.24, 2.45) is 7.05 Å². The van der Waals surface area contributed by atoms with Crippen LogP contribution in [0.2, 0.25) is 0 Å². The number of aryl methyl sites for hydroxylation is 1. The van der Waals surface area contributed by atoms with Gasteiger partial charge in [0.05, 0.1) is 17.8 Å². The third kappa shape index (κ3) is 6.09. The Morgan fingerprint density at radius 3 is 2.60 bits per heavy atom. The number of fused-ring (bicyclic) bond motifs is 2. The Kier molecular flexibility index (Phi) is 7.94. The highest BCUT2D eigenvalue weighted by Crippen LogP contribution is 2.24. The zero-order valence-corrected chi connectivity index (χ0v) is 25.2. The van der Waals surface area contributed by atoms with Gasteiger partial charge in [0.1, 0.15) is 5.60 Å². The van der Waals surface area contributed by atoms with E-state index < -0.39 is 22.9 Å². The smallest absolute Gasteiger partial charge is 0.407 e. The highest BCUT2D eigenvalue weighted by atomic mass is 16.6. The lowest BCUT2D eigenvalue weighted by Gasteiger charge is -2.34. The summed E-state index contributed by atoms with van der Waals surface area (Å²) in [6, 6.07) is 11.4. The number of imidazole rings is 1. The number of hydrogen-bond acceptors (Lipinski definition) is 7. The average Bonchev–Trinajstić information content (AvgIpc) is 3.32. The molecule has 0 bridgehead atoms. The van der Waals surface area contributed by atoms with Crippen molar-refractivity contribution >= 4 is 34.1 Å². The highest BCUT2D eigenvalue weighted by molar-refractivity contribution is 5.78. The molecule has 1 aromatic carbocycles. The molecule has 0 spiro atoms. The van der Waals surface area contributed by atoms with E-state index in [1.54, 1.807) is 7.05 Å². The molecule has 11 nitrogen and oxygen atoms in total.